The molecule has 1 aliphatic carbocycles. The van der Waals surface area contributed by atoms with E-state index in [0.29, 0.717) is 6.54 Å². The number of likely N-dealkylation sites (tertiary alicyclic amines) is 1. The molecule has 0 bridgehead atoms. The number of carbonyl (C=O) groups excluding carboxylic acids is 2. The SMILES string of the molecule is CCCNC(=O)CN1CCC(NC(=O)c2ccc3c(c2)CCCC3)CC1. The van der Waals surface area contributed by atoms with Gasteiger partial charge in [0, 0.05) is 31.2 Å². The van der Waals surface area contributed by atoms with Crippen LogP contribution in [-0.4, -0.2) is 48.9 Å². The minimum absolute atomic E-state index is 0.0394. The smallest absolute Gasteiger partial charge is 0.251 e. The summed E-state index contributed by atoms with van der Waals surface area (Å²) in [5.74, 6) is 0.140. The predicted molar refractivity (Wildman–Crippen MR) is 103 cm³/mol. The van der Waals surface area contributed by atoms with Crippen LogP contribution in [0.25, 0.3) is 0 Å². The third-order valence-corrected chi connectivity index (χ3v) is 5.47. The van der Waals surface area contributed by atoms with Crippen LogP contribution in [-0.2, 0) is 17.6 Å². The number of fused-ring (bicyclic) bond motifs is 1. The molecule has 2 N–H and O–H groups in total. The van der Waals surface area contributed by atoms with Gasteiger partial charge in [-0.1, -0.05) is 13.0 Å². The van der Waals surface area contributed by atoms with Crippen molar-refractivity contribution in [2.75, 3.05) is 26.2 Å². The lowest BCUT2D eigenvalue weighted by Crippen LogP contribution is -2.47. The maximum atomic E-state index is 12.6. The van der Waals surface area contributed by atoms with Crippen LogP contribution in [0.4, 0.5) is 0 Å². The van der Waals surface area contributed by atoms with E-state index in [2.05, 4.69) is 34.6 Å². The second kappa shape index (κ2) is 9.17. The Balaban J connectivity index is 1.45. The molecule has 1 saturated heterocycles. The fraction of sp³-hybridized carbons (Fsp3) is 0.619. The molecule has 0 unspecified atom stereocenters. The van der Waals surface area contributed by atoms with Crippen molar-refractivity contribution in [1.29, 1.82) is 0 Å². The zero-order chi connectivity index (χ0) is 18.4. The first kappa shape index (κ1) is 18.9. The van der Waals surface area contributed by atoms with Crippen LogP contribution >= 0.6 is 0 Å². The summed E-state index contributed by atoms with van der Waals surface area (Å²) in [4.78, 5) is 26.6. The number of hydrogen-bond acceptors (Lipinski definition) is 3. The lowest BCUT2D eigenvalue weighted by molar-refractivity contribution is -0.122. The second-order valence-corrected chi connectivity index (χ2v) is 7.56. The molecule has 5 nitrogen and oxygen atoms in total. The van der Waals surface area contributed by atoms with Gasteiger partial charge < -0.3 is 10.6 Å². The number of benzene rings is 1. The van der Waals surface area contributed by atoms with Crippen molar-refractivity contribution >= 4 is 11.8 Å². The monoisotopic (exact) mass is 357 g/mol. The van der Waals surface area contributed by atoms with E-state index in [1.54, 1.807) is 0 Å². The summed E-state index contributed by atoms with van der Waals surface area (Å²) in [6.07, 6.45) is 7.48. The Morgan fingerprint density at radius 2 is 1.85 bits per heavy atom. The molecule has 0 radical (unpaired) electrons. The zero-order valence-corrected chi connectivity index (χ0v) is 15.9. The summed E-state index contributed by atoms with van der Waals surface area (Å²) < 4.78 is 0. The Labute approximate surface area is 156 Å². The van der Waals surface area contributed by atoms with E-state index in [1.807, 2.05) is 6.07 Å². The van der Waals surface area contributed by atoms with Gasteiger partial charge in [0.1, 0.15) is 0 Å². The highest BCUT2D eigenvalue weighted by molar-refractivity contribution is 5.94. The molecule has 0 spiro atoms. The van der Waals surface area contributed by atoms with Crippen LogP contribution < -0.4 is 10.6 Å². The highest BCUT2D eigenvalue weighted by Crippen LogP contribution is 2.22. The minimum Gasteiger partial charge on any atom is -0.355 e. The molecule has 0 atom stereocenters. The van der Waals surface area contributed by atoms with Crippen molar-refractivity contribution in [1.82, 2.24) is 15.5 Å². The molecule has 26 heavy (non-hydrogen) atoms. The highest BCUT2D eigenvalue weighted by atomic mass is 16.2. The van der Waals surface area contributed by atoms with Gasteiger partial charge in [0.05, 0.1) is 6.54 Å². The Morgan fingerprint density at radius 3 is 2.58 bits per heavy atom. The van der Waals surface area contributed by atoms with Crippen molar-refractivity contribution in [3.8, 4) is 0 Å². The normalized spacial score (nSPS) is 18.2. The molecule has 1 aromatic carbocycles. The van der Waals surface area contributed by atoms with E-state index in [1.165, 1.54) is 24.0 Å². The zero-order valence-electron chi connectivity index (χ0n) is 15.9. The van der Waals surface area contributed by atoms with Gasteiger partial charge in [-0.15, -0.1) is 0 Å². The summed E-state index contributed by atoms with van der Waals surface area (Å²) in [7, 11) is 0. The lowest BCUT2D eigenvalue weighted by Gasteiger charge is -2.32. The van der Waals surface area contributed by atoms with Crippen molar-refractivity contribution in [2.24, 2.45) is 0 Å². The third kappa shape index (κ3) is 5.07. The number of aryl methyl sites for hydroxylation is 2. The molecule has 0 saturated carbocycles. The van der Waals surface area contributed by atoms with Gasteiger partial charge in [0.15, 0.2) is 0 Å². The molecular formula is C21H31N3O2. The first-order valence-electron chi connectivity index (χ1n) is 10.1. The van der Waals surface area contributed by atoms with Gasteiger partial charge in [-0.2, -0.15) is 0 Å². The predicted octanol–water partition coefficient (Wildman–Crippen LogP) is 2.29. The fourth-order valence-electron chi connectivity index (χ4n) is 3.90. The second-order valence-electron chi connectivity index (χ2n) is 7.56. The first-order chi connectivity index (χ1) is 12.7. The highest BCUT2D eigenvalue weighted by Gasteiger charge is 2.23. The Morgan fingerprint density at radius 1 is 1.12 bits per heavy atom. The largest absolute Gasteiger partial charge is 0.355 e. The van der Waals surface area contributed by atoms with Crippen LogP contribution in [0, 0.1) is 0 Å². The van der Waals surface area contributed by atoms with Crippen LogP contribution in [0.5, 0.6) is 0 Å². The molecule has 2 amide bonds. The standard InChI is InChI=1S/C21H31N3O2/c1-2-11-22-20(25)15-24-12-9-19(10-13-24)23-21(26)18-8-7-16-5-3-4-6-17(16)14-18/h7-8,14,19H,2-6,9-13,15H2,1H3,(H,22,25)(H,23,26). The molecule has 1 aliphatic heterocycles. The lowest BCUT2D eigenvalue weighted by atomic mass is 9.90. The number of nitrogens with one attached hydrogen (secondary N) is 2. The first-order valence-corrected chi connectivity index (χ1v) is 10.1. The molecule has 1 fully saturated rings. The Kier molecular flexibility index (Phi) is 6.67. The van der Waals surface area contributed by atoms with E-state index in [-0.39, 0.29) is 17.9 Å². The summed E-state index contributed by atoms with van der Waals surface area (Å²) in [6, 6.07) is 6.37. The number of hydrogen-bond donors (Lipinski definition) is 2. The average molecular weight is 357 g/mol. The van der Waals surface area contributed by atoms with Crippen molar-refractivity contribution in [3.63, 3.8) is 0 Å². The van der Waals surface area contributed by atoms with E-state index in [9.17, 15) is 9.59 Å². The summed E-state index contributed by atoms with van der Waals surface area (Å²) in [5, 5.41) is 6.10. The van der Waals surface area contributed by atoms with E-state index >= 15 is 0 Å². The number of carbonyl (C=O) groups is 2. The molecule has 0 aromatic heterocycles. The van der Waals surface area contributed by atoms with E-state index in [4.69, 9.17) is 0 Å². The summed E-state index contributed by atoms with van der Waals surface area (Å²) in [5.41, 5.74) is 3.53. The van der Waals surface area contributed by atoms with Gasteiger partial charge in [-0.3, -0.25) is 14.5 Å². The summed E-state index contributed by atoms with van der Waals surface area (Å²) in [6.45, 7) is 4.97. The van der Waals surface area contributed by atoms with Crippen LogP contribution in [0.2, 0.25) is 0 Å². The van der Waals surface area contributed by atoms with Crippen LogP contribution in [0.15, 0.2) is 18.2 Å². The number of piperidine rings is 1. The van der Waals surface area contributed by atoms with Gasteiger partial charge in [-0.25, -0.2) is 0 Å². The fourth-order valence-corrected chi connectivity index (χ4v) is 3.90. The molecular weight excluding hydrogens is 326 g/mol. The van der Waals surface area contributed by atoms with Gasteiger partial charge in [-0.05, 0) is 68.2 Å². The van der Waals surface area contributed by atoms with Gasteiger partial charge >= 0.3 is 0 Å². The topological polar surface area (TPSA) is 61.4 Å². The van der Waals surface area contributed by atoms with Crippen LogP contribution in [0.1, 0.15) is 60.5 Å². The molecule has 3 rings (SSSR count). The maximum Gasteiger partial charge on any atom is 0.251 e. The van der Waals surface area contributed by atoms with E-state index < -0.39 is 0 Å². The van der Waals surface area contributed by atoms with Crippen molar-refractivity contribution < 1.29 is 9.59 Å². The molecule has 1 aromatic rings. The number of rotatable bonds is 6. The molecule has 142 valence electrons. The Hall–Kier alpha value is -1.88. The number of amides is 2. The van der Waals surface area contributed by atoms with Gasteiger partial charge in [0.2, 0.25) is 5.91 Å². The van der Waals surface area contributed by atoms with Gasteiger partial charge in [0.25, 0.3) is 5.91 Å². The van der Waals surface area contributed by atoms with Crippen molar-refractivity contribution in [3.05, 3.63) is 34.9 Å². The van der Waals surface area contributed by atoms with Crippen LogP contribution in [0.3, 0.4) is 0 Å². The van der Waals surface area contributed by atoms with E-state index in [0.717, 1.165) is 57.3 Å². The third-order valence-electron chi connectivity index (χ3n) is 5.47. The number of nitrogens with zero attached hydrogens (tertiary/aromatic N) is 1. The maximum absolute atomic E-state index is 12.6. The average Bonchev–Trinajstić information content (AvgIpc) is 2.67. The Bertz CT molecular complexity index is 636. The molecule has 1 heterocycles. The quantitative estimate of drug-likeness (QED) is 0.821. The molecule has 2 aliphatic rings. The minimum atomic E-state index is 0.0394. The summed E-state index contributed by atoms with van der Waals surface area (Å²) >= 11 is 0. The molecule has 5 heteroatoms. The van der Waals surface area contributed by atoms with Crippen molar-refractivity contribution in [2.45, 2.75) is 57.9 Å².